The van der Waals surface area contributed by atoms with Gasteiger partial charge in [-0.3, -0.25) is 4.79 Å². The van der Waals surface area contributed by atoms with Crippen LogP contribution in [0.15, 0.2) is 48.5 Å². The number of carbonyl (C=O) groups excluding carboxylic acids is 2. The Kier molecular flexibility index (Phi) is 5.86. The highest BCUT2D eigenvalue weighted by molar-refractivity contribution is 5.94. The number of hydrogen-bond donors (Lipinski definition) is 1. The molecule has 2 aromatic rings. The van der Waals surface area contributed by atoms with Gasteiger partial charge in [0.15, 0.2) is 0 Å². The van der Waals surface area contributed by atoms with Crippen molar-refractivity contribution in [1.82, 2.24) is 0 Å². The van der Waals surface area contributed by atoms with E-state index in [9.17, 15) is 14.0 Å². The highest BCUT2D eigenvalue weighted by Crippen LogP contribution is 2.12. The first-order valence-corrected chi connectivity index (χ1v) is 7.40. The highest BCUT2D eigenvalue weighted by atomic mass is 19.1. The van der Waals surface area contributed by atoms with Crippen LogP contribution < -0.4 is 5.32 Å². The predicted molar refractivity (Wildman–Crippen MR) is 85.7 cm³/mol. The van der Waals surface area contributed by atoms with Crippen molar-refractivity contribution in [2.24, 2.45) is 0 Å². The van der Waals surface area contributed by atoms with E-state index in [1.54, 1.807) is 36.4 Å². The fraction of sp³-hybridized carbons (Fsp3) is 0.222. The van der Waals surface area contributed by atoms with E-state index in [2.05, 4.69) is 5.32 Å². The summed E-state index contributed by atoms with van der Waals surface area (Å²) in [5, 5.41) is 2.73. The summed E-state index contributed by atoms with van der Waals surface area (Å²) >= 11 is 0. The first-order chi connectivity index (χ1) is 11.1. The van der Waals surface area contributed by atoms with Crippen molar-refractivity contribution in [3.05, 3.63) is 65.5 Å². The van der Waals surface area contributed by atoms with Crippen LogP contribution in [0.5, 0.6) is 0 Å². The molecule has 0 aliphatic heterocycles. The second-order valence-corrected chi connectivity index (χ2v) is 5.06. The van der Waals surface area contributed by atoms with Crippen molar-refractivity contribution in [2.45, 2.75) is 19.8 Å². The quantitative estimate of drug-likeness (QED) is 0.829. The number of rotatable bonds is 6. The van der Waals surface area contributed by atoms with E-state index in [4.69, 9.17) is 4.74 Å². The molecule has 0 spiro atoms. The summed E-state index contributed by atoms with van der Waals surface area (Å²) in [6, 6.07) is 12.3. The van der Waals surface area contributed by atoms with Gasteiger partial charge < -0.3 is 10.1 Å². The SMILES string of the molecule is CCCOC(=O)c1ccc(NC(=O)Cc2ccc(F)cc2)cc1. The van der Waals surface area contributed by atoms with Crippen LogP contribution in [0.1, 0.15) is 29.3 Å². The molecule has 2 rings (SSSR count). The molecular formula is C18H18FNO3. The van der Waals surface area contributed by atoms with Gasteiger partial charge in [-0.2, -0.15) is 0 Å². The fourth-order valence-electron chi connectivity index (χ4n) is 1.96. The smallest absolute Gasteiger partial charge is 0.338 e. The van der Waals surface area contributed by atoms with E-state index in [1.807, 2.05) is 6.92 Å². The summed E-state index contributed by atoms with van der Waals surface area (Å²) in [6.45, 7) is 2.31. The Balaban J connectivity index is 1.91. The first kappa shape index (κ1) is 16.7. The monoisotopic (exact) mass is 315 g/mol. The molecule has 2 aromatic carbocycles. The van der Waals surface area contributed by atoms with Crippen LogP contribution in [-0.2, 0) is 16.0 Å². The summed E-state index contributed by atoms with van der Waals surface area (Å²) in [4.78, 5) is 23.6. The zero-order valence-corrected chi connectivity index (χ0v) is 12.8. The maximum atomic E-state index is 12.8. The van der Waals surface area contributed by atoms with E-state index in [1.165, 1.54) is 12.1 Å². The van der Waals surface area contributed by atoms with Crippen LogP contribution >= 0.6 is 0 Å². The lowest BCUT2D eigenvalue weighted by Gasteiger charge is -2.07. The van der Waals surface area contributed by atoms with Crippen molar-refractivity contribution in [3.8, 4) is 0 Å². The van der Waals surface area contributed by atoms with Gasteiger partial charge in [0.05, 0.1) is 18.6 Å². The lowest BCUT2D eigenvalue weighted by Crippen LogP contribution is -2.14. The summed E-state index contributed by atoms with van der Waals surface area (Å²) in [5.41, 5.74) is 1.75. The van der Waals surface area contributed by atoms with E-state index < -0.39 is 0 Å². The maximum absolute atomic E-state index is 12.8. The summed E-state index contributed by atoms with van der Waals surface area (Å²) in [6.07, 6.45) is 0.920. The van der Waals surface area contributed by atoms with Gasteiger partial charge in [-0.05, 0) is 48.4 Å². The van der Waals surface area contributed by atoms with Crippen molar-refractivity contribution in [3.63, 3.8) is 0 Å². The average Bonchev–Trinajstić information content (AvgIpc) is 2.55. The standard InChI is InChI=1S/C18H18FNO3/c1-2-11-23-18(22)14-5-9-16(10-6-14)20-17(21)12-13-3-7-15(19)8-4-13/h3-10H,2,11-12H2,1H3,(H,20,21). The van der Waals surface area contributed by atoms with Gasteiger partial charge in [0.25, 0.3) is 0 Å². The number of anilines is 1. The molecule has 0 aliphatic rings. The number of hydrogen-bond acceptors (Lipinski definition) is 3. The van der Waals surface area contributed by atoms with Gasteiger partial charge in [-0.15, -0.1) is 0 Å². The van der Waals surface area contributed by atoms with Crippen LogP contribution in [0.25, 0.3) is 0 Å². The van der Waals surface area contributed by atoms with Crippen LogP contribution in [0.2, 0.25) is 0 Å². The van der Waals surface area contributed by atoms with E-state index in [0.29, 0.717) is 17.9 Å². The Bertz CT molecular complexity index is 666. The Hall–Kier alpha value is -2.69. The molecule has 0 aliphatic carbocycles. The van der Waals surface area contributed by atoms with Crippen molar-refractivity contribution < 1.29 is 18.7 Å². The molecule has 4 nitrogen and oxygen atoms in total. The lowest BCUT2D eigenvalue weighted by atomic mass is 10.1. The Morgan fingerprint density at radius 1 is 1.04 bits per heavy atom. The molecule has 0 bridgehead atoms. The topological polar surface area (TPSA) is 55.4 Å². The van der Waals surface area contributed by atoms with Crippen LogP contribution in [0.3, 0.4) is 0 Å². The van der Waals surface area contributed by atoms with Gasteiger partial charge in [0.2, 0.25) is 5.91 Å². The lowest BCUT2D eigenvalue weighted by molar-refractivity contribution is -0.115. The molecule has 120 valence electrons. The Labute approximate surface area is 134 Å². The molecule has 0 unspecified atom stereocenters. The molecule has 0 fully saturated rings. The van der Waals surface area contributed by atoms with Crippen molar-refractivity contribution in [2.75, 3.05) is 11.9 Å². The molecule has 0 atom stereocenters. The number of halogens is 1. The van der Waals surface area contributed by atoms with E-state index in [0.717, 1.165) is 12.0 Å². The van der Waals surface area contributed by atoms with Crippen LogP contribution in [-0.4, -0.2) is 18.5 Å². The predicted octanol–water partition coefficient (Wildman–Crippen LogP) is 3.57. The zero-order chi connectivity index (χ0) is 16.7. The molecule has 0 heterocycles. The molecule has 5 heteroatoms. The average molecular weight is 315 g/mol. The highest BCUT2D eigenvalue weighted by Gasteiger charge is 2.08. The number of esters is 1. The molecule has 0 saturated carbocycles. The minimum atomic E-state index is -0.379. The van der Waals surface area contributed by atoms with Gasteiger partial charge in [0.1, 0.15) is 5.82 Å². The van der Waals surface area contributed by atoms with Gasteiger partial charge in [-0.25, -0.2) is 9.18 Å². The minimum absolute atomic E-state index is 0.153. The molecule has 0 radical (unpaired) electrons. The third kappa shape index (κ3) is 5.21. The summed E-state index contributed by atoms with van der Waals surface area (Å²) in [5.74, 6) is -0.923. The Morgan fingerprint density at radius 2 is 1.70 bits per heavy atom. The Morgan fingerprint density at radius 3 is 2.30 bits per heavy atom. The third-order valence-corrected chi connectivity index (χ3v) is 3.12. The van der Waals surface area contributed by atoms with Gasteiger partial charge in [-0.1, -0.05) is 19.1 Å². The summed E-state index contributed by atoms with van der Waals surface area (Å²) < 4.78 is 17.8. The van der Waals surface area contributed by atoms with Gasteiger partial charge in [0, 0.05) is 5.69 Å². The van der Waals surface area contributed by atoms with E-state index in [-0.39, 0.29) is 24.1 Å². The molecule has 0 saturated heterocycles. The van der Waals surface area contributed by atoms with Crippen LogP contribution in [0.4, 0.5) is 10.1 Å². The largest absolute Gasteiger partial charge is 0.462 e. The van der Waals surface area contributed by atoms with Gasteiger partial charge >= 0.3 is 5.97 Å². The van der Waals surface area contributed by atoms with E-state index >= 15 is 0 Å². The molecule has 23 heavy (non-hydrogen) atoms. The summed E-state index contributed by atoms with van der Waals surface area (Å²) in [7, 11) is 0. The number of ether oxygens (including phenoxy) is 1. The van der Waals surface area contributed by atoms with Crippen LogP contribution in [0, 0.1) is 5.82 Å². The second-order valence-electron chi connectivity index (χ2n) is 5.06. The normalized spacial score (nSPS) is 10.2. The number of benzene rings is 2. The molecule has 0 aromatic heterocycles. The molecule has 1 amide bonds. The first-order valence-electron chi connectivity index (χ1n) is 7.40. The zero-order valence-electron chi connectivity index (χ0n) is 12.8. The number of amides is 1. The molecular weight excluding hydrogens is 297 g/mol. The molecule has 1 N–H and O–H groups in total. The minimum Gasteiger partial charge on any atom is -0.462 e. The second kappa shape index (κ2) is 8.08. The van der Waals surface area contributed by atoms with Crippen molar-refractivity contribution in [1.29, 1.82) is 0 Å². The third-order valence-electron chi connectivity index (χ3n) is 3.12. The van der Waals surface area contributed by atoms with Crippen molar-refractivity contribution >= 4 is 17.6 Å². The maximum Gasteiger partial charge on any atom is 0.338 e. The number of carbonyl (C=O) groups is 2. The fourth-order valence-corrected chi connectivity index (χ4v) is 1.96. The number of nitrogens with one attached hydrogen (secondary N) is 1.